The minimum Gasteiger partial charge on any atom is -0.494 e. The highest BCUT2D eigenvalue weighted by Crippen LogP contribution is 2.28. The van der Waals surface area contributed by atoms with E-state index in [0.717, 1.165) is 0 Å². The molecular formula is C17H18N2O5S. The quantitative estimate of drug-likeness (QED) is 0.715. The van der Waals surface area contributed by atoms with E-state index >= 15 is 0 Å². The number of aromatic nitrogens is 1. The van der Waals surface area contributed by atoms with Gasteiger partial charge in [0.1, 0.15) is 11.3 Å². The molecule has 0 bridgehead atoms. The summed E-state index contributed by atoms with van der Waals surface area (Å²) in [6.45, 7) is 5.72. The second-order valence-electron chi connectivity index (χ2n) is 5.68. The summed E-state index contributed by atoms with van der Waals surface area (Å²) in [6.07, 6.45) is 0. The number of fused-ring (bicyclic) bond motifs is 1. The van der Waals surface area contributed by atoms with Crippen LogP contribution in [0, 0.1) is 13.8 Å². The van der Waals surface area contributed by atoms with Crippen LogP contribution >= 0.6 is 0 Å². The molecule has 0 spiro atoms. The number of nitrogen functional groups attached to an aromatic ring is 1. The van der Waals surface area contributed by atoms with Crippen molar-refractivity contribution in [1.29, 1.82) is 0 Å². The largest absolute Gasteiger partial charge is 0.494 e. The number of benzene rings is 2. The number of aryl methyl sites for hydroxylation is 2. The fourth-order valence-electron chi connectivity index (χ4n) is 2.69. The Morgan fingerprint density at radius 1 is 1.16 bits per heavy atom. The van der Waals surface area contributed by atoms with E-state index < -0.39 is 15.8 Å². The standard InChI is InChI=1S/C17H18N2O5S/c1-4-23-14-7-11(3)16(8-10(14)2)25(21,22)19-13-6-5-12(18)9-15(13)24-17(19)20/h5-9H,4,18H2,1-3H3. The number of nitrogens with two attached hydrogens (primary N) is 1. The zero-order valence-corrected chi connectivity index (χ0v) is 14.9. The van der Waals surface area contributed by atoms with Crippen molar-refractivity contribution in [2.24, 2.45) is 0 Å². The third-order valence-corrected chi connectivity index (χ3v) is 5.68. The maximum Gasteiger partial charge on any atom is 0.434 e. The molecular weight excluding hydrogens is 344 g/mol. The van der Waals surface area contributed by atoms with Crippen molar-refractivity contribution in [3.8, 4) is 5.75 Å². The summed E-state index contributed by atoms with van der Waals surface area (Å²) in [5, 5.41) is 0. The van der Waals surface area contributed by atoms with Crippen LogP contribution in [0.2, 0.25) is 0 Å². The topological polar surface area (TPSA) is 105 Å². The Morgan fingerprint density at radius 3 is 2.56 bits per heavy atom. The van der Waals surface area contributed by atoms with E-state index in [9.17, 15) is 13.2 Å². The molecule has 2 N–H and O–H groups in total. The van der Waals surface area contributed by atoms with Gasteiger partial charge in [0, 0.05) is 11.8 Å². The number of anilines is 1. The summed E-state index contributed by atoms with van der Waals surface area (Å²) in [5.74, 6) is -0.373. The molecule has 0 aliphatic heterocycles. The van der Waals surface area contributed by atoms with Crippen LogP contribution < -0.4 is 16.2 Å². The van der Waals surface area contributed by atoms with Gasteiger partial charge in [-0.05, 0) is 56.2 Å². The molecule has 2 aromatic carbocycles. The van der Waals surface area contributed by atoms with Crippen molar-refractivity contribution in [1.82, 2.24) is 3.97 Å². The van der Waals surface area contributed by atoms with E-state index in [4.69, 9.17) is 14.9 Å². The Kier molecular flexibility index (Phi) is 4.08. The van der Waals surface area contributed by atoms with Crippen LogP contribution in [0.1, 0.15) is 18.1 Å². The van der Waals surface area contributed by atoms with E-state index in [1.54, 1.807) is 19.9 Å². The summed E-state index contributed by atoms with van der Waals surface area (Å²) in [4.78, 5) is 12.2. The van der Waals surface area contributed by atoms with E-state index in [2.05, 4.69) is 0 Å². The molecule has 3 rings (SSSR count). The van der Waals surface area contributed by atoms with Crippen molar-refractivity contribution in [2.75, 3.05) is 12.3 Å². The van der Waals surface area contributed by atoms with Gasteiger partial charge in [0.25, 0.3) is 10.0 Å². The van der Waals surface area contributed by atoms with Gasteiger partial charge in [0.2, 0.25) is 0 Å². The van der Waals surface area contributed by atoms with Crippen LogP contribution in [0.3, 0.4) is 0 Å². The van der Waals surface area contributed by atoms with E-state index in [-0.39, 0.29) is 16.0 Å². The number of hydrogen-bond acceptors (Lipinski definition) is 6. The first-order valence-electron chi connectivity index (χ1n) is 7.66. The molecule has 132 valence electrons. The number of rotatable bonds is 4. The highest BCUT2D eigenvalue weighted by Gasteiger charge is 2.26. The fraction of sp³-hybridized carbons (Fsp3) is 0.235. The molecule has 7 nitrogen and oxygen atoms in total. The number of nitrogens with zero attached hydrogens (tertiary/aromatic N) is 1. The molecule has 8 heteroatoms. The molecule has 0 saturated heterocycles. The summed E-state index contributed by atoms with van der Waals surface area (Å²) >= 11 is 0. The van der Waals surface area contributed by atoms with Crippen molar-refractivity contribution in [2.45, 2.75) is 25.7 Å². The molecule has 1 aromatic heterocycles. The fourth-order valence-corrected chi connectivity index (χ4v) is 4.32. The molecule has 3 aromatic rings. The minimum absolute atomic E-state index is 0.0232. The molecule has 25 heavy (non-hydrogen) atoms. The predicted octanol–water partition coefficient (Wildman–Crippen LogP) is 2.43. The normalized spacial score (nSPS) is 11.8. The minimum atomic E-state index is -4.14. The molecule has 0 atom stereocenters. The lowest BCUT2D eigenvalue weighted by atomic mass is 10.1. The zero-order chi connectivity index (χ0) is 18.4. The summed E-state index contributed by atoms with van der Waals surface area (Å²) < 4.78 is 37.4. The molecule has 0 fully saturated rings. The molecule has 0 saturated carbocycles. The van der Waals surface area contributed by atoms with Crippen molar-refractivity contribution < 1.29 is 17.6 Å². The van der Waals surface area contributed by atoms with Gasteiger partial charge in [-0.15, -0.1) is 0 Å². The maximum atomic E-state index is 13.1. The van der Waals surface area contributed by atoms with E-state index in [0.29, 0.717) is 33.1 Å². The Balaban J connectivity index is 2.26. The Hall–Kier alpha value is -2.74. The number of oxazole rings is 1. The van der Waals surface area contributed by atoms with Crippen LogP contribution in [-0.2, 0) is 10.0 Å². The highest BCUT2D eigenvalue weighted by molar-refractivity contribution is 7.90. The van der Waals surface area contributed by atoms with Crippen LogP contribution in [0.5, 0.6) is 5.75 Å². The molecule has 0 aliphatic rings. The summed E-state index contributed by atoms with van der Waals surface area (Å²) in [7, 11) is -4.14. The molecule has 0 unspecified atom stereocenters. The predicted molar refractivity (Wildman–Crippen MR) is 94.6 cm³/mol. The smallest absolute Gasteiger partial charge is 0.434 e. The van der Waals surface area contributed by atoms with Crippen LogP contribution in [0.4, 0.5) is 5.69 Å². The van der Waals surface area contributed by atoms with Crippen LogP contribution in [0.15, 0.2) is 44.4 Å². The van der Waals surface area contributed by atoms with Gasteiger partial charge in [-0.2, -0.15) is 3.97 Å². The first-order valence-corrected chi connectivity index (χ1v) is 9.10. The molecule has 1 heterocycles. The SMILES string of the molecule is CCOc1cc(C)c(S(=O)(=O)n2c(=O)oc3cc(N)ccc32)cc1C. The van der Waals surface area contributed by atoms with Gasteiger partial charge in [0.05, 0.1) is 11.5 Å². The molecule has 0 radical (unpaired) electrons. The lowest BCUT2D eigenvalue weighted by Crippen LogP contribution is -2.24. The lowest BCUT2D eigenvalue weighted by Gasteiger charge is -2.13. The third kappa shape index (κ3) is 2.78. The first-order chi connectivity index (χ1) is 11.8. The lowest BCUT2D eigenvalue weighted by molar-refractivity contribution is 0.337. The van der Waals surface area contributed by atoms with E-state index in [1.807, 2.05) is 6.92 Å². The molecule has 0 amide bonds. The first kappa shape index (κ1) is 17.1. The second kappa shape index (κ2) is 5.96. The van der Waals surface area contributed by atoms with Crippen molar-refractivity contribution in [3.63, 3.8) is 0 Å². The highest BCUT2D eigenvalue weighted by atomic mass is 32.2. The van der Waals surface area contributed by atoms with Crippen molar-refractivity contribution in [3.05, 3.63) is 52.0 Å². The summed E-state index contributed by atoms with van der Waals surface area (Å²) in [6, 6.07) is 7.53. The Bertz CT molecular complexity index is 1130. The van der Waals surface area contributed by atoms with Gasteiger partial charge < -0.3 is 14.9 Å². The van der Waals surface area contributed by atoms with Gasteiger partial charge >= 0.3 is 5.76 Å². The number of hydrogen-bond donors (Lipinski definition) is 1. The number of ether oxygens (including phenoxy) is 1. The maximum absolute atomic E-state index is 13.1. The average molecular weight is 362 g/mol. The van der Waals surface area contributed by atoms with E-state index in [1.165, 1.54) is 24.3 Å². The third-order valence-electron chi connectivity index (χ3n) is 3.86. The van der Waals surface area contributed by atoms with Gasteiger partial charge in [0.15, 0.2) is 5.58 Å². The van der Waals surface area contributed by atoms with Gasteiger partial charge in [-0.1, -0.05) is 0 Å². The zero-order valence-electron chi connectivity index (χ0n) is 14.1. The van der Waals surface area contributed by atoms with Gasteiger partial charge in [-0.25, -0.2) is 13.2 Å². The van der Waals surface area contributed by atoms with Crippen LogP contribution in [0.25, 0.3) is 11.1 Å². The summed E-state index contributed by atoms with van der Waals surface area (Å²) in [5.41, 5.74) is 7.44. The Labute approximate surface area is 144 Å². The Morgan fingerprint density at radius 2 is 1.88 bits per heavy atom. The van der Waals surface area contributed by atoms with Crippen molar-refractivity contribution >= 4 is 26.8 Å². The van der Waals surface area contributed by atoms with Gasteiger partial charge in [-0.3, -0.25) is 0 Å². The monoisotopic (exact) mass is 362 g/mol. The average Bonchev–Trinajstić information content (AvgIpc) is 2.86. The second-order valence-corrected chi connectivity index (χ2v) is 7.44. The van der Waals surface area contributed by atoms with Crippen LogP contribution in [-0.4, -0.2) is 19.0 Å². The molecule has 0 aliphatic carbocycles.